The van der Waals surface area contributed by atoms with Crippen LogP contribution in [0.15, 0.2) is 6.07 Å². The molecule has 0 saturated heterocycles. The summed E-state index contributed by atoms with van der Waals surface area (Å²) in [5.41, 5.74) is 0.661. The predicted molar refractivity (Wildman–Crippen MR) is 65.9 cm³/mol. The number of hydrogen-bond acceptors (Lipinski definition) is 3. The van der Waals surface area contributed by atoms with E-state index in [-0.39, 0.29) is 5.41 Å². The summed E-state index contributed by atoms with van der Waals surface area (Å²) in [7, 11) is 0. The Labute approximate surface area is 107 Å². The summed E-state index contributed by atoms with van der Waals surface area (Å²) in [6, 6.07) is 1.73. The van der Waals surface area contributed by atoms with Gasteiger partial charge in [0.25, 0.3) is 0 Å². The van der Waals surface area contributed by atoms with E-state index in [1.807, 2.05) is 20.8 Å². The van der Waals surface area contributed by atoms with Gasteiger partial charge in [-0.2, -0.15) is 13.2 Å². The van der Waals surface area contributed by atoms with Gasteiger partial charge in [0.1, 0.15) is 0 Å². The van der Waals surface area contributed by atoms with Crippen LogP contribution in [0, 0.1) is 6.92 Å². The molecule has 0 aliphatic rings. The minimum atomic E-state index is -4.50. The Bertz CT molecular complexity index is 594. The summed E-state index contributed by atoms with van der Waals surface area (Å²) in [5.74, 6) is -1.06. The molecule has 2 aromatic heterocycles. The second-order valence-electron chi connectivity index (χ2n) is 5.21. The highest BCUT2D eigenvalue weighted by Crippen LogP contribution is 2.36. The largest absolute Gasteiger partial charge is 0.451 e. The lowest BCUT2D eigenvalue weighted by atomic mass is 9.95. The Hall–Kier alpha value is -1.17. The third-order valence-corrected chi connectivity index (χ3v) is 4.19. The van der Waals surface area contributed by atoms with Crippen molar-refractivity contribution < 1.29 is 13.2 Å². The third kappa shape index (κ3) is 2.34. The van der Waals surface area contributed by atoms with E-state index in [1.54, 1.807) is 13.0 Å². The first-order chi connectivity index (χ1) is 8.09. The van der Waals surface area contributed by atoms with Crippen LogP contribution < -0.4 is 0 Å². The summed E-state index contributed by atoms with van der Waals surface area (Å²) < 4.78 is 38.6. The van der Waals surface area contributed by atoms with Crippen molar-refractivity contribution in [3.05, 3.63) is 22.5 Å². The van der Waals surface area contributed by atoms with E-state index in [2.05, 4.69) is 9.97 Å². The molecule has 18 heavy (non-hydrogen) atoms. The van der Waals surface area contributed by atoms with Crippen LogP contribution in [-0.4, -0.2) is 9.97 Å². The smallest absolute Gasteiger partial charge is 0.228 e. The van der Waals surface area contributed by atoms with Crippen LogP contribution in [0.25, 0.3) is 10.2 Å². The molecule has 0 spiro atoms. The van der Waals surface area contributed by atoms with Gasteiger partial charge >= 0.3 is 6.18 Å². The molecular formula is C12H13F3N2S. The zero-order chi connectivity index (χ0) is 13.7. The van der Waals surface area contributed by atoms with Gasteiger partial charge in [-0.25, -0.2) is 9.97 Å². The number of thiophene rings is 1. The molecule has 0 aromatic carbocycles. The van der Waals surface area contributed by atoms with Crippen molar-refractivity contribution in [2.45, 2.75) is 39.3 Å². The number of rotatable bonds is 0. The van der Waals surface area contributed by atoms with Gasteiger partial charge in [-0.05, 0) is 18.4 Å². The number of fused-ring (bicyclic) bond motifs is 1. The van der Waals surface area contributed by atoms with Crippen molar-refractivity contribution in [1.82, 2.24) is 9.97 Å². The van der Waals surface area contributed by atoms with Crippen molar-refractivity contribution in [3.8, 4) is 0 Å². The first-order valence-electron chi connectivity index (χ1n) is 5.45. The molecule has 98 valence electrons. The highest BCUT2D eigenvalue weighted by atomic mass is 32.1. The molecule has 0 aliphatic heterocycles. The van der Waals surface area contributed by atoms with E-state index in [4.69, 9.17) is 0 Å². The fraction of sp³-hybridized carbons (Fsp3) is 0.500. The average molecular weight is 274 g/mol. The standard InChI is InChI=1S/C12H13F3N2S/c1-6-9-7(5-8(18-9)11(2,3)4)17-10(16-6)12(13,14)15/h5H,1-4H3. The van der Waals surface area contributed by atoms with E-state index in [0.29, 0.717) is 11.2 Å². The number of halogens is 3. The van der Waals surface area contributed by atoms with Crippen LogP contribution >= 0.6 is 11.3 Å². The molecule has 0 amide bonds. The van der Waals surface area contributed by atoms with E-state index < -0.39 is 12.0 Å². The van der Waals surface area contributed by atoms with Crippen molar-refractivity contribution >= 4 is 21.6 Å². The van der Waals surface area contributed by atoms with Gasteiger partial charge in [0.2, 0.25) is 5.82 Å². The molecule has 2 nitrogen and oxygen atoms in total. The van der Waals surface area contributed by atoms with Crippen LogP contribution in [0.5, 0.6) is 0 Å². The SMILES string of the molecule is Cc1nc(C(F)(F)F)nc2cc(C(C)(C)C)sc12. The fourth-order valence-corrected chi connectivity index (χ4v) is 2.67. The Morgan fingerprint density at radius 1 is 1.11 bits per heavy atom. The Kier molecular flexibility index (Phi) is 2.88. The molecule has 0 unspecified atom stereocenters. The molecule has 6 heteroatoms. The zero-order valence-electron chi connectivity index (χ0n) is 10.5. The van der Waals surface area contributed by atoms with Crippen molar-refractivity contribution in [1.29, 1.82) is 0 Å². The normalized spacial score (nSPS) is 13.3. The average Bonchev–Trinajstić information content (AvgIpc) is 2.59. The van der Waals surface area contributed by atoms with Crippen molar-refractivity contribution in [2.75, 3.05) is 0 Å². The molecule has 0 N–H and O–H groups in total. The highest BCUT2D eigenvalue weighted by molar-refractivity contribution is 7.19. The number of aromatic nitrogens is 2. The van der Waals surface area contributed by atoms with E-state index in [0.717, 1.165) is 9.58 Å². The Morgan fingerprint density at radius 2 is 1.72 bits per heavy atom. The van der Waals surface area contributed by atoms with Gasteiger partial charge in [-0.15, -0.1) is 11.3 Å². The minimum absolute atomic E-state index is 0.101. The van der Waals surface area contributed by atoms with Crippen molar-refractivity contribution in [3.63, 3.8) is 0 Å². The highest BCUT2D eigenvalue weighted by Gasteiger charge is 2.35. The first kappa shape index (κ1) is 13.3. The van der Waals surface area contributed by atoms with E-state index in [9.17, 15) is 13.2 Å². The molecule has 0 saturated carbocycles. The maximum atomic E-state index is 12.6. The molecular weight excluding hydrogens is 261 g/mol. The Balaban J connectivity index is 2.67. The number of hydrogen-bond donors (Lipinski definition) is 0. The Morgan fingerprint density at radius 3 is 2.22 bits per heavy atom. The predicted octanol–water partition coefficient (Wildman–Crippen LogP) is 4.32. The lowest BCUT2D eigenvalue weighted by molar-refractivity contribution is -0.144. The molecule has 0 bridgehead atoms. The van der Waals surface area contributed by atoms with Crippen LogP contribution in [0.2, 0.25) is 0 Å². The van der Waals surface area contributed by atoms with Gasteiger partial charge < -0.3 is 0 Å². The van der Waals surface area contributed by atoms with Gasteiger partial charge in [-0.3, -0.25) is 0 Å². The monoisotopic (exact) mass is 274 g/mol. The van der Waals surface area contributed by atoms with Crippen LogP contribution in [0.3, 0.4) is 0 Å². The molecule has 2 rings (SSSR count). The summed E-state index contributed by atoms with van der Waals surface area (Å²) in [6.07, 6.45) is -4.50. The number of nitrogens with zero attached hydrogens (tertiary/aromatic N) is 2. The summed E-state index contributed by atoms with van der Waals surface area (Å²) in [5, 5.41) is 0. The van der Waals surface area contributed by atoms with Crippen LogP contribution in [-0.2, 0) is 11.6 Å². The quantitative estimate of drug-likeness (QED) is 0.715. The van der Waals surface area contributed by atoms with Crippen LogP contribution in [0.1, 0.15) is 37.2 Å². The van der Waals surface area contributed by atoms with Crippen molar-refractivity contribution in [2.24, 2.45) is 0 Å². The molecule has 0 fully saturated rings. The molecule has 0 radical (unpaired) electrons. The van der Waals surface area contributed by atoms with Gasteiger partial charge in [0.15, 0.2) is 0 Å². The second kappa shape index (κ2) is 3.91. The number of alkyl halides is 3. The third-order valence-electron chi connectivity index (χ3n) is 2.53. The summed E-state index contributed by atoms with van der Waals surface area (Å²) in [6.45, 7) is 7.64. The van der Waals surface area contributed by atoms with Gasteiger partial charge in [0.05, 0.1) is 15.9 Å². The molecule has 2 heterocycles. The molecule has 0 aliphatic carbocycles. The van der Waals surface area contributed by atoms with Crippen LogP contribution in [0.4, 0.5) is 13.2 Å². The molecule has 0 atom stereocenters. The van der Waals surface area contributed by atoms with Gasteiger partial charge in [-0.1, -0.05) is 20.8 Å². The minimum Gasteiger partial charge on any atom is -0.228 e. The van der Waals surface area contributed by atoms with E-state index in [1.165, 1.54) is 11.3 Å². The second-order valence-corrected chi connectivity index (χ2v) is 6.26. The fourth-order valence-electron chi connectivity index (χ4n) is 1.57. The maximum absolute atomic E-state index is 12.6. The topological polar surface area (TPSA) is 25.8 Å². The summed E-state index contributed by atoms with van der Waals surface area (Å²) >= 11 is 1.46. The lowest BCUT2D eigenvalue weighted by Crippen LogP contribution is -2.11. The first-order valence-corrected chi connectivity index (χ1v) is 6.26. The lowest BCUT2D eigenvalue weighted by Gasteiger charge is -2.14. The van der Waals surface area contributed by atoms with Gasteiger partial charge in [0, 0.05) is 4.88 Å². The zero-order valence-corrected chi connectivity index (χ0v) is 11.3. The summed E-state index contributed by atoms with van der Waals surface area (Å²) in [4.78, 5) is 8.17. The number of aryl methyl sites for hydroxylation is 1. The molecule has 2 aromatic rings. The van der Waals surface area contributed by atoms with E-state index >= 15 is 0 Å². The maximum Gasteiger partial charge on any atom is 0.451 e.